The summed E-state index contributed by atoms with van der Waals surface area (Å²) in [5.41, 5.74) is 3.78. The smallest absolute Gasteiger partial charge is 0.255 e. The van der Waals surface area contributed by atoms with Gasteiger partial charge in [0.2, 0.25) is 0 Å². The summed E-state index contributed by atoms with van der Waals surface area (Å²) in [7, 11) is 0. The number of anilines is 1. The van der Waals surface area contributed by atoms with Crippen molar-refractivity contribution in [2.24, 2.45) is 0 Å². The summed E-state index contributed by atoms with van der Waals surface area (Å²) in [5.74, 6) is -0.0278. The number of carbonyl (C=O) groups is 1. The largest absolute Gasteiger partial charge is 0.372 e. The van der Waals surface area contributed by atoms with E-state index in [1.54, 1.807) is 4.68 Å². The molecule has 2 aromatic rings. The Bertz CT molecular complexity index is 653. The van der Waals surface area contributed by atoms with Crippen molar-refractivity contribution in [3.05, 3.63) is 41.7 Å². The van der Waals surface area contributed by atoms with Crippen LogP contribution in [0.25, 0.3) is 5.69 Å². The fourth-order valence-electron chi connectivity index (χ4n) is 2.91. The highest BCUT2D eigenvalue weighted by Crippen LogP contribution is 2.22. The fourth-order valence-corrected chi connectivity index (χ4v) is 2.91. The monoisotopic (exact) mass is 268 g/mol. The summed E-state index contributed by atoms with van der Waals surface area (Å²) in [6, 6.07) is 8.39. The lowest BCUT2D eigenvalue weighted by Gasteiger charge is -2.17. The van der Waals surface area contributed by atoms with E-state index in [2.05, 4.69) is 39.6 Å². The standard InChI is InChI=1S/C15H16N4O/c20-15-13-10-19(17-14(13)9-16-15)12-5-3-11(4-6-12)18-7-1-2-8-18/h3-6,10H,1-2,7-9H2,(H,16,20). The highest BCUT2D eigenvalue weighted by atomic mass is 16.2. The van der Waals surface area contributed by atoms with E-state index in [1.165, 1.54) is 18.5 Å². The van der Waals surface area contributed by atoms with Crippen LogP contribution in [0.2, 0.25) is 0 Å². The predicted molar refractivity (Wildman–Crippen MR) is 76.2 cm³/mol. The Morgan fingerprint density at radius 1 is 1.05 bits per heavy atom. The highest BCUT2D eigenvalue weighted by Gasteiger charge is 2.23. The van der Waals surface area contributed by atoms with Crippen LogP contribution in [0, 0.1) is 0 Å². The average Bonchev–Trinajstić information content (AvgIpc) is 3.18. The average molecular weight is 268 g/mol. The minimum Gasteiger partial charge on any atom is -0.372 e. The molecule has 20 heavy (non-hydrogen) atoms. The normalized spacial score (nSPS) is 17.4. The molecule has 4 rings (SSSR count). The number of carbonyl (C=O) groups excluding carboxylic acids is 1. The van der Waals surface area contributed by atoms with Gasteiger partial charge in [-0.1, -0.05) is 0 Å². The number of nitrogens with zero attached hydrogens (tertiary/aromatic N) is 3. The molecule has 0 atom stereocenters. The van der Waals surface area contributed by atoms with Gasteiger partial charge in [0.05, 0.1) is 23.5 Å². The summed E-state index contributed by atoms with van der Waals surface area (Å²) in [4.78, 5) is 14.0. The number of benzene rings is 1. The van der Waals surface area contributed by atoms with Crippen molar-refractivity contribution in [1.82, 2.24) is 15.1 Å². The number of hydrogen-bond acceptors (Lipinski definition) is 3. The molecule has 1 amide bonds. The maximum Gasteiger partial charge on any atom is 0.255 e. The van der Waals surface area contributed by atoms with Crippen LogP contribution in [-0.4, -0.2) is 28.8 Å². The van der Waals surface area contributed by atoms with Gasteiger partial charge in [-0.3, -0.25) is 4.79 Å². The Hall–Kier alpha value is -2.30. The van der Waals surface area contributed by atoms with E-state index in [0.29, 0.717) is 12.1 Å². The van der Waals surface area contributed by atoms with Crippen molar-refractivity contribution in [3.8, 4) is 5.69 Å². The van der Waals surface area contributed by atoms with Crippen molar-refractivity contribution >= 4 is 11.6 Å². The van der Waals surface area contributed by atoms with Crippen molar-refractivity contribution in [2.45, 2.75) is 19.4 Å². The third-order valence-electron chi connectivity index (χ3n) is 4.04. The first-order valence-electron chi connectivity index (χ1n) is 7.03. The summed E-state index contributed by atoms with van der Waals surface area (Å²) < 4.78 is 1.79. The molecule has 0 unspecified atom stereocenters. The summed E-state index contributed by atoms with van der Waals surface area (Å²) in [6.45, 7) is 2.83. The van der Waals surface area contributed by atoms with Gasteiger partial charge in [-0.25, -0.2) is 4.68 Å². The SMILES string of the molecule is O=C1NCc2nn(-c3ccc(N4CCCC4)cc3)cc21. The Balaban J connectivity index is 1.62. The molecule has 0 aliphatic carbocycles. The zero-order valence-electron chi connectivity index (χ0n) is 11.2. The van der Waals surface area contributed by atoms with Gasteiger partial charge in [0.25, 0.3) is 5.91 Å². The predicted octanol–water partition coefficient (Wildman–Crippen LogP) is 1.72. The van der Waals surface area contributed by atoms with Crippen LogP contribution < -0.4 is 10.2 Å². The van der Waals surface area contributed by atoms with Gasteiger partial charge in [0.1, 0.15) is 0 Å². The van der Waals surface area contributed by atoms with Crippen LogP contribution in [-0.2, 0) is 6.54 Å². The molecule has 1 aromatic heterocycles. The molecule has 1 saturated heterocycles. The lowest BCUT2D eigenvalue weighted by molar-refractivity contribution is 0.0965. The van der Waals surface area contributed by atoms with Crippen LogP contribution in [0.5, 0.6) is 0 Å². The topological polar surface area (TPSA) is 50.2 Å². The zero-order valence-corrected chi connectivity index (χ0v) is 11.2. The number of fused-ring (bicyclic) bond motifs is 1. The van der Waals surface area contributed by atoms with Crippen LogP contribution in [0.3, 0.4) is 0 Å². The molecule has 1 N–H and O–H groups in total. The van der Waals surface area contributed by atoms with E-state index in [9.17, 15) is 4.79 Å². The first-order valence-corrected chi connectivity index (χ1v) is 7.03. The van der Waals surface area contributed by atoms with Crippen molar-refractivity contribution < 1.29 is 4.79 Å². The lowest BCUT2D eigenvalue weighted by atomic mass is 10.2. The molecule has 0 saturated carbocycles. The van der Waals surface area contributed by atoms with Gasteiger partial charge >= 0.3 is 0 Å². The van der Waals surface area contributed by atoms with E-state index >= 15 is 0 Å². The molecule has 2 aliphatic heterocycles. The molecule has 5 heteroatoms. The van der Waals surface area contributed by atoms with Gasteiger partial charge < -0.3 is 10.2 Å². The van der Waals surface area contributed by atoms with E-state index < -0.39 is 0 Å². The second-order valence-electron chi connectivity index (χ2n) is 5.33. The molecule has 0 bridgehead atoms. The second kappa shape index (κ2) is 4.37. The van der Waals surface area contributed by atoms with Crippen LogP contribution in [0.1, 0.15) is 28.9 Å². The third-order valence-corrected chi connectivity index (χ3v) is 4.04. The minimum absolute atomic E-state index is 0.0278. The summed E-state index contributed by atoms with van der Waals surface area (Å²) >= 11 is 0. The van der Waals surface area contributed by atoms with Crippen LogP contribution in [0.4, 0.5) is 5.69 Å². The Labute approximate surface area is 117 Å². The van der Waals surface area contributed by atoms with E-state index in [4.69, 9.17) is 0 Å². The van der Waals surface area contributed by atoms with Crippen LogP contribution >= 0.6 is 0 Å². The number of amides is 1. The molecule has 3 heterocycles. The van der Waals surface area contributed by atoms with Crippen molar-refractivity contribution in [3.63, 3.8) is 0 Å². The molecule has 0 radical (unpaired) electrons. The fraction of sp³-hybridized carbons (Fsp3) is 0.333. The van der Waals surface area contributed by atoms with Crippen molar-refractivity contribution in [2.75, 3.05) is 18.0 Å². The Morgan fingerprint density at radius 3 is 2.45 bits per heavy atom. The highest BCUT2D eigenvalue weighted by molar-refractivity contribution is 5.97. The molecule has 0 spiro atoms. The number of hydrogen-bond donors (Lipinski definition) is 1. The van der Waals surface area contributed by atoms with Gasteiger partial charge in [-0.05, 0) is 37.1 Å². The molecular weight excluding hydrogens is 252 g/mol. The molecule has 5 nitrogen and oxygen atoms in total. The van der Waals surface area contributed by atoms with E-state index in [1.807, 2.05) is 6.20 Å². The number of aromatic nitrogens is 2. The number of rotatable bonds is 2. The van der Waals surface area contributed by atoms with E-state index in [0.717, 1.165) is 24.5 Å². The third kappa shape index (κ3) is 1.78. The van der Waals surface area contributed by atoms with E-state index in [-0.39, 0.29) is 5.91 Å². The van der Waals surface area contributed by atoms with Gasteiger partial charge in [-0.2, -0.15) is 5.10 Å². The molecule has 102 valence electrons. The van der Waals surface area contributed by atoms with Gasteiger partial charge in [0.15, 0.2) is 0 Å². The lowest BCUT2D eigenvalue weighted by Crippen LogP contribution is -2.17. The first-order chi connectivity index (χ1) is 9.81. The van der Waals surface area contributed by atoms with Crippen LogP contribution in [0.15, 0.2) is 30.5 Å². The van der Waals surface area contributed by atoms with Gasteiger partial charge in [0, 0.05) is 25.0 Å². The minimum atomic E-state index is -0.0278. The quantitative estimate of drug-likeness (QED) is 0.902. The molecular formula is C15H16N4O. The first kappa shape index (κ1) is 11.5. The summed E-state index contributed by atoms with van der Waals surface area (Å²) in [6.07, 6.45) is 4.37. The maximum absolute atomic E-state index is 11.6. The molecule has 1 aromatic carbocycles. The van der Waals surface area contributed by atoms with Gasteiger partial charge in [-0.15, -0.1) is 0 Å². The maximum atomic E-state index is 11.6. The molecule has 2 aliphatic rings. The number of nitrogens with one attached hydrogen (secondary N) is 1. The Kier molecular flexibility index (Phi) is 2.52. The second-order valence-corrected chi connectivity index (χ2v) is 5.33. The van der Waals surface area contributed by atoms with Crippen molar-refractivity contribution in [1.29, 1.82) is 0 Å². The summed E-state index contributed by atoms with van der Waals surface area (Å²) in [5, 5.41) is 7.23. The molecule has 1 fully saturated rings. The zero-order chi connectivity index (χ0) is 13.5. The Morgan fingerprint density at radius 2 is 1.75 bits per heavy atom.